The molecule has 0 saturated heterocycles. The average molecular weight is 319 g/mol. The van der Waals surface area contributed by atoms with E-state index in [4.69, 9.17) is 0 Å². The van der Waals surface area contributed by atoms with Gasteiger partial charge < -0.3 is 5.32 Å². The summed E-state index contributed by atoms with van der Waals surface area (Å²) in [5.41, 5.74) is 1.61. The van der Waals surface area contributed by atoms with Crippen molar-refractivity contribution in [3.05, 3.63) is 71.5 Å². The molecular weight excluding hydrogens is 301 g/mol. The molecule has 116 valence electrons. The fourth-order valence-corrected chi connectivity index (χ4v) is 3.04. The Balaban J connectivity index is 1.88. The molecule has 3 nitrogen and oxygen atoms in total. The topological polar surface area (TPSA) is 46.2 Å². The third kappa shape index (κ3) is 4.77. The van der Waals surface area contributed by atoms with Crippen LogP contribution in [0.1, 0.15) is 18.1 Å². The summed E-state index contributed by atoms with van der Waals surface area (Å²) >= 11 is 0. The highest BCUT2D eigenvalue weighted by Gasteiger charge is 2.20. The van der Waals surface area contributed by atoms with Gasteiger partial charge >= 0.3 is 0 Å². The maximum absolute atomic E-state index is 13.1. The lowest BCUT2D eigenvalue weighted by atomic mass is 10.2. The summed E-state index contributed by atoms with van der Waals surface area (Å²) < 4.78 is 25.3. The highest BCUT2D eigenvalue weighted by Crippen LogP contribution is 2.10. The van der Waals surface area contributed by atoms with E-state index in [0.717, 1.165) is 5.56 Å². The molecule has 0 aromatic heterocycles. The van der Waals surface area contributed by atoms with Gasteiger partial charge in [-0.25, -0.2) is 4.39 Å². The zero-order valence-corrected chi connectivity index (χ0v) is 13.1. The van der Waals surface area contributed by atoms with E-state index in [9.17, 15) is 13.4 Å². The van der Waals surface area contributed by atoms with Crippen molar-refractivity contribution in [1.82, 2.24) is 5.32 Å². The lowest BCUT2D eigenvalue weighted by Crippen LogP contribution is -2.35. The fraction of sp³-hybridized carbons (Fsp3) is 0.235. The first-order chi connectivity index (χ1) is 10.6. The van der Waals surface area contributed by atoms with E-state index in [1.54, 1.807) is 19.1 Å². The van der Waals surface area contributed by atoms with Crippen LogP contribution in [0.3, 0.4) is 0 Å². The Bertz CT molecular complexity index is 661. The third-order valence-corrected chi connectivity index (χ3v) is 4.89. The van der Waals surface area contributed by atoms with Gasteiger partial charge in [0.2, 0.25) is 5.91 Å². The quantitative estimate of drug-likeness (QED) is 0.890. The molecule has 0 saturated carbocycles. The lowest BCUT2D eigenvalue weighted by Gasteiger charge is -2.12. The van der Waals surface area contributed by atoms with Crippen molar-refractivity contribution >= 4 is 16.7 Å². The molecule has 0 aliphatic heterocycles. The van der Waals surface area contributed by atoms with Crippen LogP contribution in [-0.4, -0.2) is 15.4 Å². The van der Waals surface area contributed by atoms with E-state index < -0.39 is 16.0 Å². The largest absolute Gasteiger partial charge is 0.351 e. The second kappa shape index (κ2) is 7.84. The molecule has 22 heavy (non-hydrogen) atoms. The van der Waals surface area contributed by atoms with Crippen molar-refractivity contribution in [3.63, 3.8) is 0 Å². The molecule has 5 heteroatoms. The van der Waals surface area contributed by atoms with Crippen molar-refractivity contribution in [2.75, 3.05) is 0 Å². The standard InChI is InChI=1S/C17H18FNO2S/c1-13(17(20)19-11-14-6-3-2-4-7-14)22(21)12-15-8-5-9-16(18)10-15/h2-10,13H,11-12H2,1H3,(H,19,20). The number of amides is 1. The summed E-state index contributed by atoms with van der Waals surface area (Å²) in [5, 5.41) is 2.12. The summed E-state index contributed by atoms with van der Waals surface area (Å²) in [6.45, 7) is 2.02. The van der Waals surface area contributed by atoms with Gasteiger partial charge in [0.25, 0.3) is 0 Å². The first kappa shape index (κ1) is 16.4. The molecule has 0 heterocycles. The number of nitrogens with one attached hydrogen (secondary N) is 1. The molecule has 0 radical (unpaired) electrons. The van der Waals surface area contributed by atoms with Gasteiger partial charge in [0.05, 0.1) is 0 Å². The van der Waals surface area contributed by atoms with E-state index in [1.807, 2.05) is 30.3 Å². The molecule has 0 spiro atoms. The van der Waals surface area contributed by atoms with Crippen LogP contribution in [-0.2, 0) is 27.9 Å². The van der Waals surface area contributed by atoms with Gasteiger partial charge in [0, 0.05) is 23.1 Å². The minimum atomic E-state index is -1.39. The number of hydrogen-bond donors (Lipinski definition) is 1. The van der Waals surface area contributed by atoms with Gasteiger partial charge in [-0.15, -0.1) is 0 Å². The van der Waals surface area contributed by atoms with Gasteiger partial charge in [-0.05, 0) is 30.2 Å². The van der Waals surface area contributed by atoms with Crippen LogP contribution >= 0.6 is 0 Å². The molecule has 2 aromatic carbocycles. The van der Waals surface area contributed by atoms with Crippen molar-refractivity contribution in [1.29, 1.82) is 0 Å². The normalized spacial score (nSPS) is 13.4. The SMILES string of the molecule is CC(C(=O)NCc1ccccc1)S(=O)Cc1cccc(F)c1. The van der Waals surface area contributed by atoms with Crippen LogP contribution in [0.2, 0.25) is 0 Å². The van der Waals surface area contributed by atoms with Crippen LogP contribution < -0.4 is 5.32 Å². The summed E-state index contributed by atoms with van der Waals surface area (Å²) in [6, 6.07) is 15.5. The zero-order valence-electron chi connectivity index (χ0n) is 12.3. The number of benzene rings is 2. The van der Waals surface area contributed by atoms with Crippen LogP contribution in [0, 0.1) is 5.82 Å². The van der Waals surface area contributed by atoms with Gasteiger partial charge in [-0.2, -0.15) is 0 Å². The number of rotatable bonds is 6. The van der Waals surface area contributed by atoms with Gasteiger partial charge in [-0.3, -0.25) is 9.00 Å². The molecule has 2 atom stereocenters. The average Bonchev–Trinajstić information content (AvgIpc) is 2.53. The smallest absolute Gasteiger partial charge is 0.235 e. The van der Waals surface area contributed by atoms with Crippen LogP contribution in [0.25, 0.3) is 0 Å². The molecule has 1 N–H and O–H groups in total. The second-order valence-corrected chi connectivity index (χ2v) is 6.76. The van der Waals surface area contributed by atoms with Crippen LogP contribution in [0.5, 0.6) is 0 Å². The first-order valence-corrected chi connectivity index (χ1v) is 8.37. The second-order valence-electron chi connectivity index (χ2n) is 5.00. The van der Waals surface area contributed by atoms with Crippen LogP contribution in [0.15, 0.2) is 54.6 Å². The van der Waals surface area contributed by atoms with Gasteiger partial charge in [-0.1, -0.05) is 42.5 Å². The predicted molar refractivity (Wildman–Crippen MR) is 86.0 cm³/mol. The maximum Gasteiger partial charge on any atom is 0.235 e. The Kier molecular flexibility index (Phi) is 5.83. The number of carbonyl (C=O) groups excluding carboxylic acids is 1. The molecule has 0 aliphatic carbocycles. The van der Waals surface area contributed by atoms with Gasteiger partial charge in [0.1, 0.15) is 11.1 Å². The van der Waals surface area contributed by atoms with E-state index in [-0.39, 0.29) is 17.5 Å². The summed E-state index contributed by atoms with van der Waals surface area (Å²) in [4.78, 5) is 12.0. The van der Waals surface area contributed by atoms with Gasteiger partial charge in [0.15, 0.2) is 0 Å². The number of carbonyl (C=O) groups is 1. The minimum Gasteiger partial charge on any atom is -0.351 e. The van der Waals surface area contributed by atoms with E-state index >= 15 is 0 Å². The zero-order chi connectivity index (χ0) is 15.9. The van der Waals surface area contributed by atoms with E-state index in [2.05, 4.69) is 5.32 Å². The predicted octanol–water partition coefficient (Wildman–Crippen LogP) is 2.78. The highest BCUT2D eigenvalue weighted by molar-refractivity contribution is 7.85. The molecule has 0 bridgehead atoms. The Morgan fingerprint density at radius 1 is 1.14 bits per heavy atom. The monoisotopic (exact) mass is 319 g/mol. The van der Waals surface area contributed by atoms with Crippen LogP contribution in [0.4, 0.5) is 4.39 Å². The Labute approximate surface area is 132 Å². The summed E-state index contributed by atoms with van der Waals surface area (Å²) in [7, 11) is -1.39. The maximum atomic E-state index is 13.1. The Hall–Kier alpha value is -2.01. The molecule has 2 aromatic rings. The molecule has 2 rings (SSSR count). The molecule has 1 amide bonds. The highest BCUT2D eigenvalue weighted by atomic mass is 32.2. The summed E-state index contributed by atoms with van der Waals surface area (Å²) in [6.07, 6.45) is 0. The molecule has 2 unspecified atom stereocenters. The molecular formula is C17H18FNO2S. The number of hydrogen-bond acceptors (Lipinski definition) is 2. The fourth-order valence-electron chi connectivity index (χ4n) is 1.96. The first-order valence-electron chi connectivity index (χ1n) is 6.99. The van der Waals surface area contributed by atoms with Crippen molar-refractivity contribution in [3.8, 4) is 0 Å². The van der Waals surface area contributed by atoms with E-state index in [0.29, 0.717) is 12.1 Å². The third-order valence-electron chi connectivity index (χ3n) is 3.27. The van der Waals surface area contributed by atoms with Crippen molar-refractivity contribution < 1.29 is 13.4 Å². The Morgan fingerprint density at radius 2 is 1.82 bits per heavy atom. The van der Waals surface area contributed by atoms with Crippen molar-refractivity contribution in [2.45, 2.75) is 24.5 Å². The van der Waals surface area contributed by atoms with E-state index in [1.165, 1.54) is 12.1 Å². The lowest BCUT2D eigenvalue weighted by molar-refractivity contribution is -0.120. The minimum absolute atomic E-state index is 0.164. The summed E-state index contributed by atoms with van der Waals surface area (Å²) in [5.74, 6) is -0.466. The molecule has 0 aliphatic rings. The number of halogens is 1. The van der Waals surface area contributed by atoms with Crippen molar-refractivity contribution in [2.24, 2.45) is 0 Å². The Morgan fingerprint density at radius 3 is 2.50 bits per heavy atom. The molecule has 0 fully saturated rings.